The lowest BCUT2D eigenvalue weighted by Gasteiger charge is -2.13. The molecule has 1 aliphatic heterocycles. The molecule has 0 N–H and O–H groups in total. The van der Waals surface area contributed by atoms with Crippen molar-refractivity contribution in [3.05, 3.63) is 75.5 Å². The van der Waals surface area contributed by atoms with E-state index in [1.165, 1.54) is 25.3 Å². The van der Waals surface area contributed by atoms with Crippen molar-refractivity contribution in [3.8, 4) is 11.5 Å². The lowest BCUT2D eigenvalue weighted by atomic mass is 10.1. The zero-order chi connectivity index (χ0) is 21.7. The van der Waals surface area contributed by atoms with Crippen LogP contribution in [0.4, 0.5) is 0 Å². The van der Waals surface area contributed by atoms with Gasteiger partial charge >= 0.3 is 5.97 Å². The van der Waals surface area contributed by atoms with Crippen molar-refractivity contribution >= 4 is 23.9 Å². The van der Waals surface area contributed by atoms with E-state index in [9.17, 15) is 24.5 Å². The third-order valence-electron chi connectivity index (χ3n) is 4.44. The Labute approximate surface area is 171 Å². The Morgan fingerprint density at radius 3 is 2.37 bits per heavy atom. The highest BCUT2D eigenvalue weighted by atomic mass is 16.6. The molecule has 0 saturated carbocycles. The SMILES string of the molecule is COc1cc(C=C[N+](=O)[O-])ccc1OC(=O)CCCN1C(=O)c2ccccc2C1=O. The molecule has 0 fully saturated rings. The molecule has 2 aromatic carbocycles. The summed E-state index contributed by atoms with van der Waals surface area (Å²) in [5.74, 6) is -0.887. The lowest BCUT2D eigenvalue weighted by Crippen LogP contribution is -2.31. The highest BCUT2D eigenvalue weighted by molar-refractivity contribution is 6.21. The largest absolute Gasteiger partial charge is 0.493 e. The molecule has 9 nitrogen and oxygen atoms in total. The summed E-state index contributed by atoms with van der Waals surface area (Å²) in [4.78, 5) is 47.7. The van der Waals surface area contributed by atoms with Crippen LogP contribution in [0.25, 0.3) is 6.08 Å². The summed E-state index contributed by atoms with van der Waals surface area (Å²) < 4.78 is 10.5. The maximum Gasteiger partial charge on any atom is 0.311 e. The van der Waals surface area contributed by atoms with Crippen molar-refractivity contribution in [3.63, 3.8) is 0 Å². The predicted molar refractivity (Wildman–Crippen MR) is 106 cm³/mol. The monoisotopic (exact) mass is 410 g/mol. The van der Waals surface area contributed by atoms with Crippen LogP contribution in [0.2, 0.25) is 0 Å². The van der Waals surface area contributed by atoms with Gasteiger partial charge in [0, 0.05) is 19.0 Å². The second-order valence-corrected chi connectivity index (χ2v) is 6.40. The highest BCUT2D eigenvalue weighted by Gasteiger charge is 2.34. The quantitative estimate of drug-likeness (QED) is 0.216. The summed E-state index contributed by atoms with van der Waals surface area (Å²) >= 11 is 0. The van der Waals surface area contributed by atoms with Gasteiger partial charge in [0.2, 0.25) is 6.20 Å². The number of benzene rings is 2. The molecule has 0 bridgehead atoms. The van der Waals surface area contributed by atoms with Crippen molar-refractivity contribution in [1.29, 1.82) is 0 Å². The summed E-state index contributed by atoms with van der Waals surface area (Å²) in [5, 5.41) is 10.4. The predicted octanol–water partition coefficient (Wildman–Crippen LogP) is 2.92. The smallest absolute Gasteiger partial charge is 0.311 e. The number of ether oxygens (including phenoxy) is 2. The van der Waals surface area contributed by atoms with Gasteiger partial charge in [-0.2, -0.15) is 0 Å². The summed E-state index contributed by atoms with van der Waals surface area (Å²) in [5.41, 5.74) is 1.23. The lowest BCUT2D eigenvalue weighted by molar-refractivity contribution is -0.400. The molecule has 1 aliphatic rings. The van der Waals surface area contributed by atoms with E-state index in [0.717, 1.165) is 11.1 Å². The van der Waals surface area contributed by atoms with Crippen molar-refractivity contribution < 1.29 is 28.8 Å². The Balaban J connectivity index is 1.56. The maximum atomic E-state index is 12.3. The molecule has 0 radical (unpaired) electrons. The molecule has 9 heteroatoms. The summed E-state index contributed by atoms with van der Waals surface area (Å²) in [6, 6.07) is 11.1. The summed E-state index contributed by atoms with van der Waals surface area (Å²) in [6.07, 6.45) is 2.31. The summed E-state index contributed by atoms with van der Waals surface area (Å²) in [7, 11) is 1.38. The number of carbonyl (C=O) groups excluding carboxylic acids is 3. The van der Waals surface area contributed by atoms with E-state index in [1.807, 2.05) is 0 Å². The van der Waals surface area contributed by atoms with Gasteiger partial charge < -0.3 is 9.47 Å². The van der Waals surface area contributed by atoms with Gasteiger partial charge in [0.05, 0.1) is 23.2 Å². The number of nitro groups is 1. The number of carbonyl (C=O) groups is 3. The molecule has 2 aromatic rings. The minimum atomic E-state index is -0.589. The van der Waals surface area contributed by atoms with E-state index < -0.39 is 10.9 Å². The van der Waals surface area contributed by atoms with Crippen molar-refractivity contribution in [1.82, 2.24) is 4.90 Å². The number of hydrogen-bond donors (Lipinski definition) is 0. The second kappa shape index (κ2) is 8.99. The maximum absolute atomic E-state index is 12.3. The van der Waals surface area contributed by atoms with Crippen LogP contribution in [0.15, 0.2) is 48.7 Å². The molecule has 0 unspecified atom stereocenters. The Bertz CT molecular complexity index is 1010. The highest BCUT2D eigenvalue weighted by Crippen LogP contribution is 2.29. The zero-order valence-corrected chi connectivity index (χ0v) is 16.1. The van der Waals surface area contributed by atoms with E-state index in [-0.39, 0.29) is 42.7 Å². The Kier molecular flexibility index (Phi) is 6.21. The number of hydrogen-bond acceptors (Lipinski definition) is 7. The average Bonchev–Trinajstić information content (AvgIpc) is 2.98. The average molecular weight is 410 g/mol. The number of imide groups is 1. The van der Waals surface area contributed by atoms with Gasteiger partial charge in [0.25, 0.3) is 11.8 Å². The molecular weight excluding hydrogens is 392 g/mol. The molecule has 154 valence electrons. The molecular formula is C21H18N2O7. The first-order chi connectivity index (χ1) is 14.4. The molecule has 0 spiro atoms. The van der Waals surface area contributed by atoms with Gasteiger partial charge in [-0.25, -0.2) is 0 Å². The number of rotatable bonds is 8. The molecule has 0 aliphatic carbocycles. The van der Waals surface area contributed by atoms with Crippen LogP contribution in [-0.2, 0) is 4.79 Å². The van der Waals surface area contributed by atoms with Crippen LogP contribution in [0.5, 0.6) is 11.5 Å². The fourth-order valence-corrected chi connectivity index (χ4v) is 3.02. The van der Waals surface area contributed by atoms with Gasteiger partial charge in [0.15, 0.2) is 11.5 Å². The van der Waals surface area contributed by atoms with Gasteiger partial charge in [-0.15, -0.1) is 0 Å². The number of methoxy groups -OCH3 is 1. The second-order valence-electron chi connectivity index (χ2n) is 6.40. The number of esters is 1. The first kappa shape index (κ1) is 20.7. The molecule has 30 heavy (non-hydrogen) atoms. The van der Waals surface area contributed by atoms with E-state index in [0.29, 0.717) is 16.7 Å². The summed E-state index contributed by atoms with van der Waals surface area (Å²) in [6.45, 7) is 0.100. The van der Waals surface area contributed by atoms with Crippen molar-refractivity contribution in [2.45, 2.75) is 12.8 Å². The van der Waals surface area contributed by atoms with Crippen LogP contribution < -0.4 is 9.47 Å². The van der Waals surface area contributed by atoms with Gasteiger partial charge in [-0.1, -0.05) is 18.2 Å². The van der Waals surface area contributed by atoms with Crippen LogP contribution in [-0.4, -0.2) is 41.3 Å². The molecule has 1 heterocycles. The van der Waals surface area contributed by atoms with Crippen LogP contribution >= 0.6 is 0 Å². The van der Waals surface area contributed by atoms with Gasteiger partial charge in [-0.05, 0) is 36.2 Å². The standard InChI is InChI=1S/C21H18N2O7/c1-29-18-13-14(10-12-23(27)28)8-9-17(18)30-19(24)7-4-11-22-20(25)15-5-2-3-6-16(15)21(22)26/h2-3,5-6,8-10,12-13H,4,7,11H2,1H3. The first-order valence-electron chi connectivity index (χ1n) is 9.06. The van der Waals surface area contributed by atoms with Crippen molar-refractivity contribution in [2.75, 3.05) is 13.7 Å². The zero-order valence-electron chi connectivity index (χ0n) is 16.1. The number of amides is 2. The third-order valence-corrected chi connectivity index (χ3v) is 4.44. The van der Waals surface area contributed by atoms with Crippen LogP contribution in [0, 0.1) is 10.1 Å². The van der Waals surface area contributed by atoms with Gasteiger partial charge in [0.1, 0.15) is 0 Å². The van der Waals surface area contributed by atoms with E-state index in [1.54, 1.807) is 30.3 Å². The minimum absolute atomic E-state index is 0.0143. The van der Waals surface area contributed by atoms with Crippen LogP contribution in [0.3, 0.4) is 0 Å². The number of fused-ring (bicyclic) bond motifs is 1. The molecule has 0 saturated heterocycles. The molecule has 3 rings (SSSR count). The normalized spacial score (nSPS) is 12.9. The van der Waals surface area contributed by atoms with E-state index in [2.05, 4.69) is 0 Å². The Hall–Kier alpha value is -4.01. The fraction of sp³-hybridized carbons (Fsp3) is 0.190. The Morgan fingerprint density at radius 1 is 1.10 bits per heavy atom. The molecule has 0 atom stereocenters. The Morgan fingerprint density at radius 2 is 1.77 bits per heavy atom. The topological polar surface area (TPSA) is 116 Å². The fourth-order valence-electron chi connectivity index (χ4n) is 3.02. The molecule has 0 aromatic heterocycles. The number of nitrogens with zero attached hydrogens (tertiary/aromatic N) is 2. The molecule has 2 amide bonds. The van der Waals surface area contributed by atoms with Crippen molar-refractivity contribution in [2.24, 2.45) is 0 Å². The first-order valence-corrected chi connectivity index (χ1v) is 9.06. The van der Waals surface area contributed by atoms with E-state index >= 15 is 0 Å². The van der Waals surface area contributed by atoms with Crippen LogP contribution in [0.1, 0.15) is 39.1 Å². The third kappa shape index (κ3) is 4.52. The van der Waals surface area contributed by atoms with E-state index in [4.69, 9.17) is 9.47 Å². The minimum Gasteiger partial charge on any atom is -0.493 e. The van der Waals surface area contributed by atoms with Gasteiger partial charge in [-0.3, -0.25) is 29.4 Å².